The van der Waals surface area contributed by atoms with Crippen LogP contribution in [0.2, 0.25) is 0 Å². The lowest BCUT2D eigenvalue weighted by molar-refractivity contribution is -0.167. The van der Waals surface area contributed by atoms with Gasteiger partial charge in [0.05, 0.1) is 0 Å². The number of esters is 3. The Morgan fingerprint density at radius 1 is 0.276 bits per heavy atom. The highest BCUT2D eigenvalue weighted by atomic mass is 16.6. The van der Waals surface area contributed by atoms with Crippen molar-refractivity contribution in [3.8, 4) is 0 Å². The first kappa shape index (κ1) is 72.3. The quantitative estimate of drug-likeness (QED) is 0.0261. The van der Waals surface area contributed by atoms with Gasteiger partial charge in [-0.1, -0.05) is 266 Å². The maximum absolute atomic E-state index is 12.9. The van der Waals surface area contributed by atoms with Crippen molar-refractivity contribution in [2.24, 2.45) is 0 Å². The van der Waals surface area contributed by atoms with Gasteiger partial charge in [0, 0.05) is 19.3 Å². The van der Waals surface area contributed by atoms with Gasteiger partial charge in [0.2, 0.25) is 0 Å². The Morgan fingerprint density at radius 3 is 0.868 bits per heavy atom. The lowest BCUT2D eigenvalue weighted by atomic mass is 10.0. The van der Waals surface area contributed by atoms with Crippen LogP contribution in [-0.4, -0.2) is 37.2 Å². The zero-order valence-electron chi connectivity index (χ0n) is 50.0. The van der Waals surface area contributed by atoms with Gasteiger partial charge in [0.1, 0.15) is 13.2 Å². The third-order valence-corrected chi connectivity index (χ3v) is 13.8. The molecule has 0 fully saturated rings. The number of ether oxygens (including phenoxy) is 3. The highest BCUT2D eigenvalue weighted by Crippen LogP contribution is 2.16. The van der Waals surface area contributed by atoms with Crippen molar-refractivity contribution in [2.75, 3.05) is 13.2 Å². The first-order valence-corrected chi connectivity index (χ1v) is 32.2. The summed E-state index contributed by atoms with van der Waals surface area (Å²) in [5.41, 5.74) is 0. The van der Waals surface area contributed by atoms with Crippen molar-refractivity contribution in [1.29, 1.82) is 0 Å². The molecule has 0 aliphatic heterocycles. The van der Waals surface area contributed by atoms with Crippen molar-refractivity contribution in [2.45, 2.75) is 316 Å². The Labute approximate surface area is 470 Å². The molecule has 0 saturated heterocycles. The standard InChI is InChI=1S/C70H120O6/c1-4-7-10-13-16-19-22-25-27-29-31-33-34-35-36-38-39-41-43-45-48-51-54-57-60-63-69(72)75-66-67(65-74-68(71)62-59-56-53-50-47-24-21-18-15-12-9-6-3)76-70(73)64-61-58-55-52-49-46-44-42-40-37-32-30-28-26-23-20-17-14-11-8-5-2/h8,11,17-18,20-21,26,28-29,31-32,37,42,44,49,52,67H,4-7,9-10,12-16,19,22-25,27,30,33-36,38-41,43,45-48,50-51,53-66H2,1-3H3/b11-8-,20-17-,21-18-,28-26-,31-29-,37-32-,44-42-,52-49-. The van der Waals surface area contributed by atoms with Gasteiger partial charge in [-0.05, 0) is 122 Å². The summed E-state index contributed by atoms with van der Waals surface area (Å²) in [5, 5.41) is 0. The molecule has 0 aromatic carbocycles. The largest absolute Gasteiger partial charge is 0.462 e. The van der Waals surface area contributed by atoms with E-state index in [-0.39, 0.29) is 37.5 Å². The minimum atomic E-state index is -0.805. The van der Waals surface area contributed by atoms with E-state index in [1.165, 1.54) is 161 Å². The molecular formula is C70H120O6. The smallest absolute Gasteiger partial charge is 0.306 e. The van der Waals surface area contributed by atoms with Crippen molar-refractivity contribution in [1.82, 2.24) is 0 Å². The Bertz CT molecular complexity index is 1490. The summed E-state index contributed by atoms with van der Waals surface area (Å²) in [5.74, 6) is -0.942. The molecule has 0 N–H and O–H groups in total. The van der Waals surface area contributed by atoms with Gasteiger partial charge in [0.15, 0.2) is 6.10 Å². The third-order valence-electron chi connectivity index (χ3n) is 13.8. The average Bonchev–Trinajstić information content (AvgIpc) is 3.42. The zero-order chi connectivity index (χ0) is 55.0. The van der Waals surface area contributed by atoms with E-state index in [1.807, 2.05) is 0 Å². The van der Waals surface area contributed by atoms with E-state index < -0.39 is 6.10 Å². The summed E-state index contributed by atoms with van der Waals surface area (Å²) in [4.78, 5) is 38.3. The second-order valence-electron chi connectivity index (χ2n) is 21.3. The summed E-state index contributed by atoms with van der Waals surface area (Å²) >= 11 is 0. The second kappa shape index (κ2) is 63.9. The molecule has 6 nitrogen and oxygen atoms in total. The molecule has 0 saturated carbocycles. The van der Waals surface area contributed by atoms with Crippen LogP contribution in [0, 0.1) is 0 Å². The van der Waals surface area contributed by atoms with Crippen molar-refractivity contribution >= 4 is 17.9 Å². The Hall–Kier alpha value is -3.67. The van der Waals surface area contributed by atoms with Gasteiger partial charge < -0.3 is 14.2 Å². The SMILES string of the molecule is CC/C=C\C/C=C\C/C=C\C/C=C\C/C=C\C/C=C\CCCCC(=O)OC(COC(=O)CCCCCCC/C=C\CCCCC)COC(=O)CCCCCCCCCCCCCCC/C=C\CCCCCCCCCC. The van der Waals surface area contributed by atoms with E-state index in [9.17, 15) is 14.4 Å². The summed E-state index contributed by atoms with van der Waals surface area (Å²) < 4.78 is 16.9. The number of carbonyl (C=O) groups is 3. The van der Waals surface area contributed by atoms with Crippen LogP contribution < -0.4 is 0 Å². The maximum Gasteiger partial charge on any atom is 0.306 e. The van der Waals surface area contributed by atoms with E-state index in [0.717, 1.165) is 103 Å². The third kappa shape index (κ3) is 61.2. The average molecular weight is 1060 g/mol. The van der Waals surface area contributed by atoms with Gasteiger partial charge in [-0.25, -0.2) is 0 Å². The Balaban J connectivity index is 4.35. The molecule has 1 unspecified atom stereocenters. The van der Waals surface area contributed by atoms with E-state index >= 15 is 0 Å². The van der Waals surface area contributed by atoms with Crippen LogP contribution >= 0.6 is 0 Å². The predicted molar refractivity (Wildman–Crippen MR) is 330 cm³/mol. The Kier molecular flexibility index (Phi) is 60.8. The molecule has 0 rings (SSSR count). The van der Waals surface area contributed by atoms with Crippen LogP contribution in [0.15, 0.2) is 97.2 Å². The molecule has 0 spiro atoms. The monoisotopic (exact) mass is 1060 g/mol. The van der Waals surface area contributed by atoms with Crippen LogP contribution in [0.3, 0.4) is 0 Å². The van der Waals surface area contributed by atoms with Gasteiger partial charge >= 0.3 is 17.9 Å². The molecule has 0 aromatic rings. The van der Waals surface area contributed by atoms with Crippen LogP contribution in [-0.2, 0) is 28.6 Å². The fourth-order valence-corrected chi connectivity index (χ4v) is 8.97. The maximum atomic E-state index is 12.9. The molecule has 1 atom stereocenters. The molecule has 0 amide bonds. The lowest BCUT2D eigenvalue weighted by Gasteiger charge is -2.18. The van der Waals surface area contributed by atoms with E-state index in [2.05, 4.69) is 118 Å². The topological polar surface area (TPSA) is 78.9 Å². The van der Waals surface area contributed by atoms with Gasteiger partial charge in [0.25, 0.3) is 0 Å². The number of carbonyl (C=O) groups excluding carboxylic acids is 3. The molecule has 6 heteroatoms. The van der Waals surface area contributed by atoms with Gasteiger partial charge in [-0.2, -0.15) is 0 Å². The summed E-state index contributed by atoms with van der Waals surface area (Å²) in [7, 11) is 0. The molecule has 0 bridgehead atoms. The van der Waals surface area contributed by atoms with Crippen molar-refractivity contribution in [3.63, 3.8) is 0 Å². The fraction of sp³-hybridized carbons (Fsp3) is 0.729. The number of allylic oxidation sites excluding steroid dienone is 16. The summed E-state index contributed by atoms with van der Waals surface area (Å²) in [6.07, 6.45) is 85.7. The van der Waals surface area contributed by atoms with Crippen LogP contribution in [0.5, 0.6) is 0 Å². The predicted octanol–water partition coefficient (Wildman–Crippen LogP) is 22.0. The normalized spacial score (nSPS) is 12.7. The molecule has 436 valence electrons. The number of rotatable bonds is 58. The number of hydrogen-bond donors (Lipinski definition) is 0. The van der Waals surface area contributed by atoms with E-state index in [1.54, 1.807) is 0 Å². The van der Waals surface area contributed by atoms with Crippen molar-refractivity contribution in [3.05, 3.63) is 97.2 Å². The van der Waals surface area contributed by atoms with Crippen LogP contribution in [0.1, 0.15) is 310 Å². The van der Waals surface area contributed by atoms with Crippen LogP contribution in [0.4, 0.5) is 0 Å². The molecule has 0 aromatic heterocycles. The second-order valence-corrected chi connectivity index (χ2v) is 21.3. The molecule has 0 heterocycles. The Morgan fingerprint density at radius 2 is 0.513 bits per heavy atom. The minimum Gasteiger partial charge on any atom is -0.462 e. The molecule has 0 aliphatic carbocycles. The highest BCUT2D eigenvalue weighted by Gasteiger charge is 2.19. The zero-order valence-corrected chi connectivity index (χ0v) is 50.0. The lowest BCUT2D eigenvalue weighted by Crippen LogP contribution is -2.30. The van der Waals surface area contributed by atoms with Gasteiger partial charge in [-0.3, -0.25) is 14.4 Å². The van der Waals surface area contributed by atoms with Crippen LogP contribution in [0.25, 0.3) is 0 Å². The first-order chi connectivity index (χ1) is 37.5. The fourth-order valence-electron chi connectivity index (χ4n) is 8.97. The highest BCUT2D eigenvalue weighted by molar-refractivity contribution is 5.71. The summed E-state index contributed by atoms with van der Waals surface area (Å²) in [6, 6.07) is 0. The van der Waals surface area contributed by atoms with Gasteiger partial charge in [-0.15, -0.1) is 0 Å². The van der Waals surface area contributed by atoms with Crippen molar-refractivity contribution < 1.29 is 28.6 Å². The summed E-state index contributed by atoms with van der Waals surface area (Å²) in [6.45, 7) is 6.48. The molecule has 76 heavy (non-hydrogen) atoms. The van der Waals surface area contributed by atoms with E-state index in [4.69, 9.17) is 14.2 Å². The number of hydrogen-bond acceptors (Lipinski definition) is 6. The molecular weight excluding hydrogens is 937 g/mol. The van der Waals surface area contributed by atoms with E-state index in [0.29, 0.717) is 19.3 Å². The molecule has 0 aliphatic rings. The first-order valence-electron chi connectivity index (χ1n) is 32.2. The number of unbranched alkanes of at least 4 members (excludes halogenated alkanes) is 31. The minimum absolute atomic E-state index is 0.0970. The molecule has 0 radical (unpaired) electrons.